The van der Waals surface area contributed by atoms with Crippen LogP contribution >= 0.6 is 11.6 Å². The molecule has 0 amide bonds. The van der Waals surface area contributed by atoms with Crippen molar-refractivity contribution in [3.05, 3.63) is 47.5 Å². The van der Waals surface area contributed by atoms with Gasteiger partial charge in [-0.3, -0.25) is 0 Å². The maximum Gasteiger partial charge on any atom is 0.485 e. The monoisotopic (exact) mass is 421 g/mol. The number of alkyl halides is 3. The molecule has 0 fully saturated rings. The van der Waals surface area contributed by atoms with E-state index in [-0.39, 0.29) is 0 Å². The first-order valence-electron chi connectivity index (χ1n) is 8.06. The van der Waals surface area contributed by atoms with Crippen LogP contribution in [0, 0.1) is 11.8 Å². The van der Waals surface area contributed by atoms with Crippen molar-refractivity contribution in [2.45, 2.75) is 31.2 Å². The minimum absolute atomic E-state index is 0.751. The Morgan fingerprint density at radius 2 is 1.78 bits per heavy atom. The van der Waals surface area contributed by atoms with E-state index >= 15 is 0 Å². The van der Waals surface area contributed by atoms with Crippen LogP contribution in [0.2, 0.25) is 5.02 Å². The Bertz CT molecular complexity index is 835. The van der Waals surface area contributed by atoms with E-state index in [0.29, 0.717) is 0 Å². The zero-order valence-corrected chi connectivity index (χ0v) is 16.0. The first-order chi connectivity index (χ1) is 12.5. The SMILES string of the molecule is C=CC[N+]1=C(C#Cc2ccc(Cl)cc2)CCCCC1.O=S(=O)([O-])C(F)(F)F. The molecule has 1 aliphatic heterocycles. The lowest BCUT2D eigenvalue weighted by Crippen LogP contribution is -2.21. The molecule has 0 unspecified atom stereocenters. The summed E-state index contributed by atoms with van der Waals surface area (Å²) in [7, 11) is -6.09. The van der Waals surface area contributed by atoms with Crippen LogP contribution in [0.3, 0.4) is 0 Å². The number of halogens is 4. The standard InChI is InChI=1S/C17H19ClN.CHF3O3S/c1-2-13-19-14-5-3-4-6-17(19)12-9-15-7-10-16(18)11-8-15;2-1(3,4)8(5,6)7/h2,7-8,10-11H,1,3-6,13-14H2;(H,5,6,7)/q+1;/p-1. The fraction of sp³-hybridized carbons (Fsp3) is 0.389. The summed E-state index contributed by atoms with van der Waals surface area (Å²) in [6.45, 7) is 5.82. The maximum atomic E-state index is 10.7. The average Bonchev–Trinajstić information content (AvgIpc) is 2.79. The van der Waals surface area contributed by atoms with E-state index in [0.717, 1.165) is 30.1 Å². The summed E-state index contributed by atoms with van der Waals surface area (Å²) >= 11 is 5.87. The Kier molecular flexibility index (Phi) is 9.03. The Balaban J connectivity index is 0.000000387. The van der Waals surface area contributed by atoms with Crippen LogP contribution < -0.4 is 0 Å². The highest BCUT2D eigenvalue weighted by molar-refractivity contribution is 7.86. The fourth-order valence-corrected chi connectivity index (χ4v) is 2.37. The van der Waals surface area contributed by atoms with Crippen molar-refractivity contribution in [3.8, 4) is 11.8 Å². The molecule has 0 spiro atoms. The quantitative estimate of drug-likeness (QED) is 0.239. The summed E-state index contributed by atoms with van der Waals surface area (Å²) in [6, 6.07) is 7.69. The normalized spacial score (nSPS) is 15.0. The van der Waals surface area contributed by atoms with Crippen LogP contribution in [0.5, 0.6) is 0 Å². The molecule has 0 N–H and O–H groups in total. The third-order valence-electron chi connectivity index (χ3n) is 3.55. The molecule has 1 aromatic carbocycles. The summed E-state index contributed by atoms with van der Waals surface area (Å²) in [5.41, 5.74) is -3.39. The molecule has 1 aromatic rings. The van der Waals surface area contributed by atoms with Gasteiger partial charge in [0.15, 0.2) is 16.7 Å². The lowest BCUT2D eigenvalue weighted by Gasteiger charge is -2.08. The molecule has 1 aliphatic rings. The predicted octanol–water partition coefficient (Wildman–Crippen LogP) is 3.96. The topological polar surface area (TPSA) is 60.2 Å². The Morgan fingerprint density at radius 1 is 1.19 bits per heavy atom. The molecule has 0 bridgehead atoms. The number of hydrogen-bond donors (Lipinski definition) is 0. The molecule has 0 aromatic heterocycles. The average molecular weight is 422 g/mol. The van der Waals surface area contributed by atoms with E-state index in [2.05, 4.69) is 23.0 Å². The van der Waals surface area contributed by atoms with Gasteiger partial charge in [0, 0.05) is 29.3 Å². The van der Waals surface area contributed by atoms with Gasteiger partial charge in [-0.05, 0) is 43.2 Å². The molecule has 9 heteroatoms. The third-order valence-corrected chi connectivity index (χ3v) is 4.37. The van der Waals surface area contributed by atoms with E-state index < -0.39 is 15.6 Å². The van der Waals surface area contributed by atoms with Gasteiger partial charge < -0.3 is 4.55 Å². The van der Waals surface area contributed by atoms with Crippen LogP contribution in [-0.2, 0) is 10.1 Å². The maximum absolute atomic E-state index is 10.7. The van der Waals surface area contributed by atoms with Gasteiger partial charge in [-0.2, -0.15) is 13.2 Å². The molecule has 0 atom stereocenters. The first kappa shape index (κ1) is 23.2. The second-order valence-electron chi connectivity index (χ2n) is 5.65. The highest BCUT2D eigenvalue weighted by Crippen LogP contribution is 2.20. The molecule has 0 saturated heterocycles. The van der Waals surface area contributed by atoms with Crippen molar-refractivity contribution in [1.82, 2.24) is 0 Å². The zero-order valence-electron chi connectivity index (χ0n) is 14.4. The summed E-state index contributed by atoms with van der Waals surface area (Å²) in [5, 5.41) is 0.751. The van der Waals surface area contributed by atoms with Gasteiger partial charge in [0.1, 0.15) is 6.54 Å². The minimum atomic E-state index is -6.09. The molecule has 148 valence electrons. The molecule has 0 saturated carbocycles. The number of hydrogen-bond acceptors (Lipinski definition) is 3. The highest BCUT2D eigenvalue weighted by atomic mass is 35.5. The summed E-state index contributed by atoms with van der Waals surface area (Å²) in [4.78, 5) is 0. The van der Waals surface area contributed by atoms with Crippen molar-refractivity contribution < 1.29 is 30.7 Å². The Labute approximate surface area is 162 Å². The van der Waals surface area contributed by atoms with Crippen molar-refractivity contribution in [2.24, 2.45) is 0 Å². The van der Waals surface area contributed by atoms with Gasteiger partial charge in [0.05, 0.1) is 0 Å². The van der Waals surface area contributed by atoms with Gasteiger partial charge >= 0.3 is 5.51 Å². The van der Waals surface area contributed by atoms with E-state index in [1.54, 1.807) is 0 Å². The van der Waals surface area contributed by atoms with Crippen molar-refractivity contribution in [3.63, 3.8) is 0 Å². The van der Waals surface area contributed by atoms with E-state index in [4.69, 9.17) is 24.6 Å². The first-order valence-corrected chi connectivity index (χ1v) is 9.84. The van der Waals surface area contributed by atoms with Crippen LogP contribution in [-0.4, -0.2) is 41.9 Å². The summed E-state index contributed by atoms with van der Waals surface area (Å²) < 4.78 is 61.3. The smallest absolute Gasteiger partial charge is 0.485 e. The zero-order chi connectivity index (χ0) is 20.5. The van der Waals surface area contributed by atoms with E-state index in [1.165, 1.54) is 25.0 Å². The van der Waals surface area contributed by atoms with Gasteiger partial charge in [0.2, 0.25) is 5.71 Å². The molecule has 0 aliphatic carbocycles. The Morgan fingerprint density at radius 3 is 2.30 bits per heavy atom. The van der Waals surface area contributed by atoms with Crippen molar-refractivity contribution >= 4 is 27.4 Å². The van der Waals surface area contributed by atoms with Gasteiger partial charge in [-0.1, -0.05) is 24.1 Å². The van der Waals surface area contributed by atoms with Crippen molar-refractivity contribution in [1.29, 1.82) is 0 Å². The van der Waals surface area contributed by atoms with E-state index in [1.807, 2.05) is 30.3 Å². The third kappa shape index (κ3) is 8.61. The summed E-state index contributed by atoms with van der Waals surface area (Å²) in [6.07, 6.45) is 6.81. The molecule has 2 rings (SSSR count). The van der Waals surface area contributed by atoms with E-state index in [9.17, 15) is 13.2 Å². The van der Waals surface area contributed by atoms with Crippen molar-refractivity contribution in [2.75, 3.05) is 13.1 Å². The number of benzene rings is 1. The highest BCUT2D eigenvalue weighted by Gasteiger charge is 2.36. The van der Waals surface area contributed by atoms with Gasteiger partial charge in [-0.15, -0.1) is 0 Å². The molecule has 0 radical (unpaired) electrons. The minimum Gasteiger partial charge on any atom is -0.741 e. The van der Waals surface area contributed by atoms with Gasteiger partial charge in [-0.25, -0.2) is 13.0 Å². The summed E-state index contributed by atoms with van der Waals surface area (Å²) in [5.74, 6) is 6.57. The van der Waals surface area contributed by atoms with Crippen LogP contribution in [0.15, 0.2) is 36.9 Å². The molecule has 1 heterocycles. The molecule has 4 nitrogen and oxygen atoms in total. The largest absolute Gasteiger partial charge is 0.741 e. The lowest BCUT2D eigenvalue weighted by atomic mass is 10.1. The van der Waals surface area contributed by atoms with Crippen LogP contribution in [0.4, 0.5) is 13.2 Å². The fourth-order valence-electron chi connectivity index (χ4n) is 2.24. The second kappa shape index (κ2) is 10.5. The number of rotatable bonds is 2. The second-order valence-corrected chi connectivity index (χ2v) is 7.46. The number of nitrogens with zero attached hydrogens (tertiary/aromatic N) is 1. The lowest BCUT2D eigenvalue weighted by molar-refractivity contribution is -0.517. The predicted molar refractivity (Wildman–Crippen MR) is 97.7 cm³/mol. The van der Waals surface area contributed by atoms with Crippen LogP contribution in [0.25, 0.3) is 0 Å². The van der Waals surface area contributed by atoms with Gasteiger partial charge in [0.25, 0.3) is 0 Å². The molecular weight excluding hydrogens is 403 g/mol. The molecular formula is C18H19ClF3NO3S. The molecule has 27 heavy (non-hydrogen) atoms. The van der Waals surface area contributed by atoms with Crippen LogP contribution in [0.1, 0.15) is 31.2 Å². The Hall–Kier alpha value is -1.82.